The summed E-state index contributed by atoms with van der Waals surface area (Å²) in [5, 5.41) is 29.8. The summed E-state index contributed by atoms with van der Waals surface area (Å²) in [7, 11) is -0.504. The predicted molar refractivity (Wildman–Crippen MR) is 77.0 cm³/mol. The highest BCUT2D eigenvalue weighted by Gasteiger charge is 2.18. The molecule has 7 nitrogen and oxygen atoms in total. The Bertz CT molecular complexity index is 571. The van der Waals surface area contributed by atoms with Crippen molar-refractivity contribution in [2.45, 2.75) is 0 Å². The molecule has 104 valence electrons. The summed E-state index contributed by atoms with van der Waals surface area (Å²) in [5.41, 5.74) is 0.493. The zero-order valence-electron chi connectivity index (χ0n) is 10.8. The van der Waals surface area contributed by atoms with Gasteiger partial charge in [-0.25, -0.2) is 9.79 Å². The molecule has 0 unspecified atom stereocenters. The molecular weight excluding hydrogens is 281 g/mol. The van der Waals surface area contributed by atoms with Gasteiger partial charge in [-0.2, -0.15) is 5.26 Å². The fourth-order valence-corrected chi connectivity index (χ4v) is 1.72. The van der Waals surface area contributed by atoms with Gasteiger partial charge >= 0.3 is 13.1 Å². The van der Waals surface area contributed by atoms with Crippen LogP contribution in [-0.2, 0) is 4.74 Å². The summed E-state index contributed by atoms with van der Waals surface area (Å²) in [4.78, 5) is 15.5. The summed E-state index contributed by atoms with van der Waals surface area (Å²) >= 11 is 1.17. The van der Waals surface area contributed by atoms with Crippen LogP contribution in [0.25, 0.3) is 0 Å². The fourth-order valence-electron chi connectivity index (χ4n) is 1.39. The number of thioether (sulfide) groups is 1. The van der Waals surface area contributed by atoms with E-state index in [1.54, 1.807) is 12.4 Å². The normalized spacial score (nSPS) is 10.7. The highest BCUT2D eigenvalue weighted by atomic mass is 32.2. The molecule has 0 fully saturated rings. The van der Waals surface area contributed by atoms with Gasteiger partial charge < -0.3 is 14.8 Å². The maximum absolute atomic E-state index is 11.5. The van der Waals surface area contributed by atoms with Crippen LogP contribution in [0.3, 0.4) is 0 Å². The number of aliphatic imine (C=N–C) groups is 1. The molecule has 3 N–H and O–H groups in total. The molecule has 0 spiro atoms. The number of ether oxygens (including phenoxy) is 1. The van der Waals surface area contributed by atoms with E-state index in [1.807, 2.05) is 0 Å². The van der Waals surface area contributed by atoms with Crippen molar-refractivity contribution >= 4 is 41.2 Å². The van der Waals surface area contributed by atoms with Crippen LogP contribution in [0.5, 0.6) is 0 Å². The number of rotatable bonds is 3. The first-order valence-corrected chi connectivity index (χ1v) is 6.62. The number of esters is 1. The van der Waals surface area contributed by atoms with Gasteiger partial charge in [0.05, 0.1) is 18.4 Å². The van der Waals surface area contributed by atoms with Crippen molar-refractivity contribution in [3.63, 3.8) is 0 Å². The highest BCUT2D eigenvalue weighted by Crippen LogP contribution is 2.15. The summed E-state index contributed by atoms with van der Waals surface area (Å²) in [6, 6.07) is 4.12. The van der Waals surface area contributed by atoms with Crippen molar-refractivity contribution in [2.24, 2.45) is 4.99 Å². The smallest absolute Gasteiger partial charge is 0.465 e. The number of nitrogens with one attached hydrogen (secondary N) is 1. The van der Waals surface area contributed by atoms with Crippen LogP contribution >= 0.6 is 11.8 Å². The van der Waals surface area contributed by atoms with Gasteiger partial charge in [0, 0.05) is 5.46 Å². The second kappa shape index (κ2) is 7.54. The van der Waals surface area contributed by atoms with Crippen LogP contribution in [0, 0.1) is 11.5 Å². The second-order valence-electron chi connectivity index (χ2n) is 3.50. The Labute approximate surface area is 120 Å². The molecule has 0 bridgehead atoms. The maximum Gasteiger partial charge on any atom is 0.490 e. The number of nitrogens with zero attached hydrogens (tertiary/aromatic N) is 2. The van der Waals surface area contributed by atoms with Gasteiger partial charge in [-0.05, 0) is 18.4 Å². The molecule has 0 radical (unpaired) electrons. The van der Waals surface area contributed by atoms with Crippen molar-refractivity contribution < 1.29 is 19.6 Å². The predicted octanol–water partition coefficient (Wildman–Crippen LogP) is -0.426. The molecule has 0 saturated carbocycles. The Morgan fingerprint density at radius 1 is 1.55 bits per heavy atom. The number of hydrogen-bond acceptors (Lipinski definition) is 7. The molecule has 0 amide bonds. The molecule has 1 aromatic rings. The summed E-state index contributed by atoms with van der Waals surface area (Å²) in [6.07, 6.45) is 3.41. The number of amidine groups is 1. The van der Waals surface area contributed by atoms with E-state index in [1.165, 1.54) is 37.1 Å². The standard InChI is InChI=1S/C11H12BN3O4S/c1-19-10(16)7-3-4-8(12(17)18)9(5-7)15-11(20-2)14-6-13/h3-5,17-18H,1-2H3,(H,14,15). The third-order valence-electron chi connectivity index (χ3n) is 2.31. The number of methoxy groups -OCH3 is 1. The molecule has 20 heavy (non-hydrogen) atoms. The van der Waals surface area contributed by atoms with Crippen molar-refractivity contribution in [2.75, 3.05) is 13.4 Å². The topological polar surface area (TPSA) is 115 Å². The van der Waals surface area contributed by atoms with Gasteiger partial charge in [0.1, 0.15) is 0 Å². The lowest BCUT2D eigenvalue weighted by Crippen LogP contribution is -2.30. The minimum absolute atomic E-state index is 0.115. The minimum atomic E-state index is -1.74. The molecule has 1 rings (SSSR count). The van der Waals surface area contributed by atoms with Crippen LogP contribution in [0.2, 0.25) is 0 Å². The monoisotopic (exact) mass is 293 g/mol. The van der Waals surface area contributed by atoms with Crippen LogP contribution in [0.1, 0.15) is 10.4 Å². The average Bonchev–Trinajstić information content (AvgIpc) is 2.45. The highest BCUT2D eigenvalue weighted by molar-refractivity contribution is 8.13. The van der Waals surface area contributed by atoms with Crippen LogP contribution < -0.4 is 10.8 Å². The average molecular weight is 293 g/mol. The molecule has 0 aliphatic carbocycles. The minimum Gasteiger partial charge on any atom is -0.465 e. The Morgan fingerprint density at radius 3 is 2.75 bits per heavy atom. The summed E-state index contributed by atoms with van der Waals surface area (Å²) < 4.78 is 4.58. The lowest BCUT2D eigenvalue weighted by molar-refractivity contribution is 0.0600. The number of carbonyl (C=O) groups excluding carboxylic acids is 1. The van der Waals surface area contributed by atoms with E-state index in [9.17, 15) is 14.8 Å². The van der Waals surface area contributed by atoms with Crippen LogP contribution in [0.4, 0.5) is 5.69 Å². The lowest BCUT2D eigenvalue weighted by atomic mass is 9.78. The Balaban J connectivity index is 3.32. The van der Waals surface area contributed by atoms with Crippen molar-refractivity contribution in [3.05, 3.63) is 23.8 Å². The molecule has 0 aliphatic rings. The van der Waals surface area contributed by atoms with E-state index in [4.69, 9.17) is 5.26 Å². The van der Waals surface area contributed by atoms with Crippen molar-refractivity contribution in [3.8, 4) is 6.19 Å². The third kappa shape index (κ3) is 3.99. The van der Waals surface area contributed by atoms with E-state index >= 15 is 0 Å². The van der Waals surface area contributed by atoms with Crippen molar-refractivity contribution in [1.29, 1.82) is 5.26 Å². The summed E-state index contributed by atoms with van der Waals surface area (Å²) in [6.45, 7) is 0. The van der Waals surface area contributed by atoms with Gasteiger partial charge in [-0.3, -0.25) is 5.32 Å². The lowest BCUT2D eigenvalue weighted by Gasteiger charge is -2.08. The van der Waals surface area contributed by atoms with E-state index in [2.05, 4.69) is 15.0 Å². The Hall–Kier alpha value is -2.02. The zero-order chi connectivity index (χ0) is 15.1. The van der Waals surface area contributed by atoms with Gasteiger partial charge in [-0.1, -0.05) is 17.8 Å². The number of carbonyl (C=O) groups is 1. The molecular formula is C11H12BN3O4S. The number of benzene rings is 1. The molecule has 0 heterocycles. The summed E-state index contributed by atoms with van der Waals surface area (Å²) in [5.74, 6) is -0.570. The molecule has 0 atom stereocenters. The number of hydrogen-bond donors (Lipinski definition) is 3. The third-order valence-corrected chi connectivity index (χ3v) is 2.89. The fraction of sp³-hybridized carbons (Fsp3) is 0.182. The first kappa shape index (κ1) is 16.0. The quantitative estimate of drug-likeness (QED) is 0.173. The van der Waals surface area contributed by atoms with Gasteiger partial charge in [0.15, 0.2) is 11.4 Å². The van der Waals surface area contributed by atoms with E-state index in [-0.39, 0.29) is 21.9 Å². The SMILES string of the molecule is COC(=O)c1ccc(B(O)O)c(N=C(NC#N)SC)c1. The first-order chi connectivity index (χ1) is 9.53. The largest absolute Gasteiger partial charge is 0.490 e. The molecule has 0 saturated heterocycles. The number of nitriles is 1. The van der Waals surface area contributed by atoms with Gasteiger partial charge in [0.25, 0.3) is 0 Å². The van der Waals surface area contributed by atoms with Gasteiger partial charge in [0.2, 0.25) is 0 Å². The molecule has 1 aromatic carbocycles. The van der Waals surface area contributed by atoms with Crippen LogP contribution in [0.15, 0.2) is 23.2 Å². The Kier molecular flexibility index (Phi) is 6.05. The zero-order valence-corrected chi connectivity index (χ0v) is 11.6. The second-order valence-corrected chi connectivity index (χ2v) is 4.29. The van der Waals surface area contributed by atoms with E-state index < -0.39 is 13.1 Å². The van der Waals surface area contributed by atoms with Gasteiger partial charge in [-0.15, -0.1) is 0 Å². The van der Waals surface area contributed by atoms with Crippen LogP contribution in [-0.4, -0.2) is 41.7 Å². The van der Waals surface area contributed by atoms with E-state index in [0.717, 1.165) is 0 Å². The molecule has 0 aliphatic heterocycles. The first-order valence-electron chi connectivity index (χ1n) is 5.39. The maximum atomic E-state index is 11.5. The molecule has 0 aromatic heterocycles. The Morgan fingerprint density at radius 2 is 2.25 bits per heavy atom. The molecule has 9 heteroatoms. The van der Waals surface area contributed by atoms with E-state index in [0.29, 0.717) is 0 Å². The van der Waals surface area contributed by atoms with Crippen molar-refractivity contribution in [1.82, 2.24) is 5.32 Å².